The Balaban J connectivity index is -0.000000208. The van der Waals surface area contributed by atoms with Crippen molar-refractivity contribution in [1.82, 2.24) is 0 Å². The van der Waals surface area contributed by atoms with E-state index in [0.29, 0.717) is 0 Å². The minimum Gasteiger partial charge on any atom is -0.850 e. The van der Waals surface area contributed by atoms with Crippen LogP contribution in [0.3, 0.4) is 0 Å². The Morgan fingerprint density at radius 2 is 1.13 bits per heavy atom. The zero-order chi connectivity index (χ0) is 11.8. The topological polar surface area (TPSA) is 23.1 Å². The van der Waals surface area contributed by atoms with Crippen LogP contribution >= 0.6 is 0 Å². The number of rotatable bonds is 4. The molecule has 0 saturated carbocycles. The third kappa shape index (κ3) is 51.4. The van der Waals surface area contributed by atoms with Gasteiger partial charge in [0.2, 0.25) is 15.2 Å². The van der Waals surface area contributed by atoms with Gasteiger partial charge >= 0.3 is 18.9 Å². The molecule has 0 unspecified atom stereocenters. The van der Waals surface area contributed by atoms with Crippen molar-refractivity contribution in [2.24, 2.45) is 11.8 Å². The maximum Gasteiger partial charge on any atom is 1.00 e. The average Bonchev–Trinajstić information content (AvgIpc) is 1.80. The van der Waals surface area contributed by atoms with Gasteiger partial charge in [0.1, 0.15) is 0 Å². The molecule has 3 heteroatoms. The molecule has 0 rings (SSSR count). The van der Waals surface area contributed by atoms with E-state index >= 15 is 0 Å². The molecule has 85 valence electrons. The molecule has 0 bridgehead atoms. The minimum absolute atomic E-state index is 0. The van der Waals surface area contributed by atoms with E-state index in [1.807, 2.05) is 0 Å². The molecule has 0 aromatic rings. The van der Waals surface area contributed by atoms with E-state index in [1.165, 1.54) is 10.6 Å². The molecule has 0 atom stereocenters. The van der Waals surface area contributed by atoms with Crippen molar-refractivity contribution in [2.45, 2.75) is 64.6 Å². The summed E-state index contributed by atoms with van der Waals surface area (Å²) < 4.78 is 0. The zero-order valence-corrected chi connectivity index (χ0v) is 13.2. The van der Waals surface area contributed by atoms with Gasteiger partial charge in [-0.2, -0.15) is 0 Å². The summed E-state index contributed by atoms with van der Waals surface area (Å²) in [6, 6.07) is 0. The van der Waals surface area contributed by atoms with Crippen LogP contribution in [0.5, 0.6) is 0 Å². The van der Waals surface area contributed by atoms with Gasteiger partial charge in [-0.1, -0.05) is 60.3 Å². The van der Waals surface area contributed by atoms with Crippen LogP contribution in [0, 0.1) is 11.8 Å². The van der Waals surface area contributed by atoms with Crippen LogP contribution in [0.25, 0.3) is 0 Å². The first-order chi connectivity index (χ1) is 6.13. The van der Waals surface area contributed by atoms with Gasteiger partial charge in [0, 0.05) is 0 Å². The fourth-order valence-electron chi connectivity index (χ4n) is 0.763. The third-order valence-electron chi connectivity index (χ3n) is 1.28. The van der Waals surface area contributed by atoms with Crippen LogP contribution in [0.4, 0.5) is 0 Å². The summed E-state index contributed by atoms with van der Waals surface area (Å²) in [6.45, 7) is 14.1. The van der Waals surface area contributed by atoms with Crippen molar-refractivity contribution in [2.75, 3.05) is 0 Å². The van der Waals surface area contributed by atoms with Gasteiger partial charge < -0.3 is 5.11 Å². The molecule has 0 spiro atoms. The SMILES string of the molecule is CC(C)(C)[O-].CC(C)[CH2][Al][CH2]C(C)C.[Li+]. The van der Waals surface area contributed by atoms with Gasteiger partial charge in [-0.05, 0) is 0 Å². The Labute approximate surface area is 115 Å². The Bertz CT molecular complexity index is 105. The number of hydrogen-bond acceptors (Lipinski definition) is 1. The van der Waals surface area contributed by atoms with Crippen LogP contribution in [-0.4, -0.2) is 20.8 Å². The van der Waals surface area contributed by atoms with Crippen LogP contribution in [0.15, 0.2) is 0 Å². The summed E-state index contributed by atoms with van der Waals surface area (Å²) in [5.41, 5.74) is -0.750. The molecular formula is C12H27AlLiO. The van der Waals surface area contributed by atoms with Crippen molar-refractivity contribution < 1.29 is 24.0 Å². The Morgan fingerprint density at radius 1 is 0.933 bits per heavy atom. The van der Waals surface area contributed by atoms with Gasteiger partial charge in [-0.25, -0.2) is 0 Å². The molecule has 0 saturated heterocycles. The molecule has 1 nitrogen and oxygen atoms in total. The first-order valence-corrected chi connectivity index (χ1v) is 7.28. The molecule has 0 N–H and O–H groups in total. The molecular weight excluding hydrogens is 194 g/mol. The van der Waals surface area contributed by atoms with Crippen molar-refractivity contribution >= 4 is 15.2 Å². The van der Waals surface area contributed by atoms with Crippen molar-refractivity contribution in [3.8, 4) is 0 Å². The second kappa shape index (κ2) is 11.6. The summed E-state index contributed by atoms with van der Waals surface area (Å²) in [5, 5.41) is 13.1. The normalized spacial score (nSPS) is 10.5. The van der Waals surface area contributed by atoms with E-state index in [1.54, 1.807) is 20.8 Å². The van der Waals surface area contributed by atoms with Crippen LogP contribution in [-0.2, 0) is 0 Å². The zero-order valence-electron chi connectivity index (χ0n) is 12.1. The van der Waals surface area contributed by atoms with E-state index in [-0.39, 0.29) is 18.9 Å². The maximum absolute atomic E-state index is 10.1. The van der Waals surface area contributed by atoms with Gasteiger partial charge in [-0.15, -0.1) is 16.2 Å². The molecule has 0 amide bonds. The van der Waals surface area contributed by atoms with Crippen LogP contribution < -0.4 is 24.0 Å². The van der Waals surface area contributed by atoms with Crippen LogP contribution in [0.2, 0.25) is 10.6 Å². The molecule has 0 aliphatic rings. The predicted molar refractivity (Wildman–Crippen MR) is 64.8 cm³/mol. The quantitative estimate of drug-likeness (QED) is 0.612. The third-order valence-corrected chi connectivity index (χ3v) is 3.83. The van der Waals surface area contributed by atoms with E-state index in [9.17, 15) is 5.11 Å². The van der Waals surface area contributed by atoms with E-state index in [2.05, 4.69) is 27.7 Å². The first kappa shape index (κ1) is 21.4. The Morgan fingerprint density at radius 3 is 1.27 bits per heavy atom. The van der Waals surface area contributed by atoms with E-state index in [0.717, 1.165) is 27.1 Å². The largest absolute Gasteiger partial charge is 1.00 e. The summed E-state index contributed by atoms with van der Waals surface area (Å²) >= 11 is 0.755. The van der Waals surface area contributed by atoms with Gasteiger partial charge in [0.15, 0.2) is 0 Å². The minimum atomic E-state index is -0.750. The molecule has 0 aliphatic carbocycles. The summed E-state index contributed by atoms with van der Waals surface area (Å²) in [6.07, 6.45) is 0. The number of hydrogen-bond donors (Lipinski definition) is 0. The van der Waals surface area contributed by atoms with Gasteiger partial charge in [-0.3, -0.25) is 0 Å². The van der Waals surface area contributed by atoms with E-state index in [4.69, 9.17) is 0 Å². The van der Waals surface area contributed by atoms with Gasteiger partial charge in [0.05, 0.1) is 0 Å². The molecule has 0 aliphatic heterocycles. The van der Waals surface area contributed by atoms with Crippen LogP contribution in [0.1, 0.15) is 48.5 Å². The fraction of sp³-hybridized carbons (Fsp3) is 1.00. The van der Waals surface area contributed by atoms with Crippen molar-refractivity contribution in [3.05, 3.63) is 0 Å². The molecule has 15 heavy (non-hydrogen) atoms. The molecule has 0 aromatic carbocycles. The maximum atomic E-state index is 10.1. The summed E-state index contributed by atoms with van der Waals surface area (Å²) in [4.78, 5) is 0. The first-order valence-electron chi connectivity index (χ1n) is 5.65. The van der Waals surface area contributed by atoms with Gasteiger partial charge in [0.25, 0.3) is 0 Å². The fourth-order valence-corrected chi connectivity index (χ4v) is 2.29. The Kier molecular flexibility index (Phi) is 16.5. The predicted octanol–water partition coefficient (Wildman–Crippen LogP) is -0.0116. The van der Waals surface area contributed by atoms with E-state index < -0.39 is 5.60 Å². The second-order valence-electron chi connectivity index (χ2n) is 5.66. The summed E-state index contributed by atoms with van der Waals surface area (Å²) in [5.74, 6) is 1.86. The molecule has 1 radical (unpaired) electrons. The second-order valence-corrected chi connectivity index (χ2v) is 7.18. The smallest absolute Gasteiger partial charge is 0.850 e. The van der Waals surface area contributed by atoms with Crippen molar-refractivity contribution in [3.63, 3.8) is 0 Å². The monoisotopic (exact) mass is 221 g/mol. The Hall–Kier alpha value is 1.09. The standard InChI is InChI=1S/C4H9O.2C4H9.Al.Li/c1-4(2,3)5;2*1-4(2)3;;/h1-3H3;2*4H,1H2,2-3H3;;/q-1;;;;+1. The molecule has 0 aromatic heterocycles. The average molecular weight is 221 g/mol. The molecule has 0 heterocycles. The molecule has 0 fully saturated rings. The summed E-state index contributed by atoms with van der Waals surface area (Å²) in [7, 11) is 0. The van der Waals surface area contributed by atoms with Crippen molar-refractivity contribution in [1.29, 1.82) is 0 Å².